The van der Waals surface area contributed by atoms with Crippen molar-refractivity contribution in [3.05, 3.63) is 59.7 Å². The van der Waals surface area contributed by atoms with E-state index in [-0.39, 0.29) is 29.6 Å². The van der Waals surface area contributed by atoms with Gasteiger partial charge in [-0.15, -0.1) is 0 Å². The van der Waals surface area contributed by atoms with E-state index in [4.69, 9.17) is 0 Å². The van der Waals surface area contributed by atoms with Gasteiger partial charge in [0, 0.05) is 36.7 Å². The maximum Gasteiger partial charge on any atom is 0.247 e. The molecule has 2 N–H and O–H groups in total. The van der Waals surface area contributed by atoms with E-state index in [9.17, 15) is 14.4 Å². The molecule has 0 saturated heterocycles. The van der Waals surface area contributed by atoms with Gasteiger partial charge in [-0.25, -0.2) is 0 Å². The van der Waals surface area contributed by atoms with Gasteiger partial charge in [0.1, 0.15) is 6.04 Å². The first-order valence-corrected chi connectivity index (χ1v) is 11.0. The van der Waals surface area contributed by atoms with Crippen molar-refractivity contribution in [2.24, 2.45) is 11.8 Å². The maximum absolute atomic E-state index is 13.2. The minimum atomic E-state index is -0.564. The van der Waals surface area contributed by atoms with E-state index >= 15 is 0 Å². The van der Waals surface area contributed by atoms with Crippen LogP contribution in [0.5, 0.6) is 0 Å². The summed E-state index contributed by atoms with van der Waals surface area (Å²) in [4.78, 5) is 39.9. The third kappa shape index (κ3) is 5.13. The Morgan fingerprint density at radius 3 is 2.23 bits per heavy atom. The molecule has 1 fully saturated rings. The quantitative estimate of drug-likeness (QED) is 0.744. The molecule has 2 aromatic rings. The number of nitrogens with one attached hydrogen (secondary N) is 2. The number of fused-ring (bicyclic) bond motifs is 1. The van der Waals surface area contributed by atoms with Crippen LogP contribution in [-0.4, -0.2) is 28.7 Å². The molecule has 4 rings (SSSR count). The van der Waals surface area contributed by atoms with Crippen molar-refractivity contribution in [1.82, 2.24) is 4.90 Å². The lowest BCUT2D eigenvalue weighted by Crippen LogP contribution is -2.50. The van der Waals surface area contributed by atoms with Crippen LogP contribution in [0.4, 0.5) is 11.4 Å². The number of benzene rings is 2. The number of anilines is 2. The van der Waals surface area contributed by atoms with Crippen LogP contribution in [0.2, 0.25) is 0 Å². The Hall–Kier alpha value is -3.15. The first-order valence-electron chi connectivity index (χ1n) is 11.0. The number of nitrogens with zero attached hydrogens (tertiary/aromatic N) is 1. The lowest BCUT2D eigenvalue weighted by atomic mass is 9.92. The summed E-state index contributed by atoms with van der Waals surface area (Å²) in [5, 5.41) is 5.86. The highest BCUT2D eigenvalue weighted by atomic mass is 16.2. The molecule has 0 radical (unpaired) electrons. The fraction of sp³-hybridized carbons (Fsp3) is 0.400. The largest absolute Gasteiger partial charge is 0.326 e. The summed E-state index contributed by atoms with van der Waals surface area (Å²) in [5.41, 5.74) is 3.46. The first-order chi connectivity index (χ1) is 14.9. The van der Waals surface area contributed by atoms with E-state index in [2.05, 4.69) is 10.6 Å². The minimum absolute atomic E-state index is 0.00454. The monoisotopic (exact) mass is 419 g/mol. The number of rotatable bonds is 6. The Morgan fingerprint density at radius 1 is 0.935 bits per heavy atom. The average molecular weight is 420 g/mol. The van der Waals surface area contributed by atoms with Gasteiger partial charge >= 0.3 is 0 Å². The fourth-order valence-electron chi connectivity index (χ4n) is 3.98. The van der Waals surface area contributed by atoms with Gasteiger partial charge in [-0.3, -0.25) is 14.4 Å². The lowest BCUT2D eigenvalue weighted by Gasteiger charge is -2.36. The Kier molecular flexibility index (Phi) is 6.07. The Labute approximate surface area is 183 Å². The molecule has 1 aliphatic carbocycles. The van der Waals surface area contributed by atoms with Crippen LogP contribution in [0.3, 0.4) is 0 Å². The third-order valence-corrected chi connectivity index (χ3v) is 5.80. The van der Waals surface area contributed by atoms with Crippen LogP contribution in [0.25, 0.3) is 0 Å². The van der Waals surface area contributed by atoms with Gasteiger partial charge in [0.2, 0.25) is 17.7 Å². The number of hydrogen-bond donors (Lipinski definition) is 2. The summed E-state index contributed by atoms with van der Waals surface area (Å²) >= 11 is 0. The van der Waals surface area contributed by atoms with E-state index in [1.165, 1.54) is 0 Å². The molecular weight excluding hydrogens is 390 g/mol. The van der Waals surface area contributed by atoms with Crippen LogP contribution in [0.15, 0.2) is 48.5 Å². The molecule has 3 amide bonds. The fourth-order valence-corrected chi connectivity index (χ4v) is 3.98. The molecule has 0 bridgehead atoms. The van der Waals surface area contributed by atoms with Crippen LogP contribution in [-0.2, 0) is 27.3 Å². The molecule has 6 nitrogen and oxygen atoms in total. The highest BCUT2D eigenvalue weighted by molar-refractivity contribution is 5.99. The van der Waals surface area contributed by atoms with E-state index in [1.54, 1.807) is 23.1 Å². The summed E-state index contributed by atoms with van der Waals surface area (Å²) in [5.74, 6) is 0.145. The van der Waals surface area contributed by atoms with Crippen LogP contribution >= 0.6 is 0 Å². The zero-order valence-corrected chi connectivity index (χ0v) is 18.1. The molecule has 31 heavy (non-hydrogen) atoms. The summed E-state index contributed by atoms with van der Waals surface area (Å²) in [6.07, 6.45) is 2.77. The molecule has 0 spiro atoms. The van der Waals surface area contributed by atoms with Crippen molar-refractivity contribution >= 4 is 29.1 Å². The van der Waals surface area contributed by atoms with Gasteiger partial charge in [0.15, 0.2) is 0 Å². The molecule has 6 heteroatoms. The molecule has 162 valence electrons. The highest BCUT2D eigenvalue weighted by Gasteiger charge is 2.34. The number of hydrogen-bond acceptors (Lipinski definition) is 3. The number of amides is 3. The predicted octanol–water partition coefficient (Wildman–Crippen LogP) is 3.97. The highest BCUT2D eigenvalue weighted by Crippen LogP contribution is 2.31. The topological polar surface area (TPSA) is 78.5 Å². The van der Waals surface area contributed by atoms with E-state index < -0.39 is 6.04 Å². The van der Waals surface area contributed by atoms with E-state index in [1.807, 2.05) is 44.2 Å². The molecule has 2 aliphatic rings. The molecule has 0 aromatic heterocycles. The average Bonchev–Trinajstić information content (AvgIpc) is 3.58. The normalized spacial score (nSPS) is 17.8. The van der Waals surface area contributed by atoms with Gasteiger partial charge < -0.3 is 15.5 Å². The Bertz CT molecular complexity index is 997. The van der Waals surface area contributed by atoms with Crippen molar-refractivity contribution in [2.45, 2.75) is 52.1 Å². The van der Waals surface area contributed by atoms with Crippen LogP contribution < -0.4 is 10.6 Å². The second-order valence-electron chi connectivity index (χ2n) is 8.94. The standard InChI is InChI=1S/C25H29N3O3/c1-16(2)12-23(29)28-15-19-7-4-3-6-18(19)13-22(28)25(31)27-21-9-5-8-20(14-21)26-24(30)17-10-11-17/h3-9,14,16-17,22H,10-13,15H2,1-2H3,(H,26,30)(H,27,31). The zero-order chi connectivity index (χ0) is 22.0. The van der Waals surface area contributed by atoms with Crippen molar-refractivity contribution in [3.63, 3.8) is 0 Å². The van der Waals surface area contributed by atoms with E-state index in [0.29, 0.717) is 30.8 Å². The molecule has 1 aliphatic heterocycles. The van der Waals surface area contributed by atoms with Crippen molar-refractivity contribution < 1.29 is 14.4 Å². The SMILES string of the molecule is CC(C)CC(=O)N1Cc2ccccc2CC1C(=O)Nc1cccc(NC(=O)C2CC2)c1. The summed E-state index contributed by atoms with van der Waals surface area (Å²) in [6, 6.07) is 14.6. The van der Waals surface area contributed by atoms with Crippen LogP contribution in [0, 0.1) is 11.8 Å². The van der Waals surface area contributed by atoms with Gasteiger partial charge in [0.05, 0.1) is 0 Å². The maximum atomic E-state index is 13.2. The molecular formula is C25H29N3O3. The second kappa shape index (κ2) is 8.92. The summed E-state index contributed by atoms with van der Waals surface area (Å²) in [6.45, 7) is 4.45. The first kappa shape index (κ1) is 21.1. The van der Waals surface area contributed by atoms with Gasteiger partial charge in [-0.1, -0.05) is 44.2 Å². The number of carbonyl (C=O) groups excluding carboxylic acids is 3. The molecule has 1 heterocycles. The number of carbonyl (C=O) groups is 3. The summed E-state index contributed by atoms with van der Waals surface area (Å²) in [7, 11) is 0. The minimum Gasteiger partial charge on any atom is -0.326 e. The summed E-state index contributed by atoms with van der Waals surface area (Å²) < 4.78 is 0. The second-order valence-corrected chi connectivity index (χ2v) is 8.94. The van der Waals surface area contributed by atoms with Crippen molar-refractivity contribution in [2.75, 3.05) is 10.6 Å². The molecule has 1 atom stereocenters. The van der Waals surface area contributed by atoms with Crippen LogP contribution in [0.1, 0.15) is 44.2 Å². The third-order valence-electron chi connectivity index (χ3n) is 5.80. The van der Waals surface area contributed by atoms with Crippen molar-refractivity contribution in [1.29, 1.82) is 0 Å². The van der Waals surface area contributed by atoms with Gasteiger partial charge in [-0.05, 0) is 48.1 Å². The van der Waals surface area contributed by atoms with Gasteiger partial charge in [0.25, 0.3) is 0 Å². The predicted molar refractivity (Wildman–Crippen MR) is 120 cm³/mol. The lowest BCUT2D eigenvalue weighted by molar-refractivity contribution is -0.140. The Balaban J connectivity index is 1.51. The zero-order valence-electron chi connectivity index (χ0n) is 18.1. The molecule has 2 aromatic carbocycles. The van der Waals surface area contributed by atoms with E-state index in [0.717, 1.165) is 24.0 Å². The molecule has 1 unspecified atom stereocenters. The van der Waals surface area contributed by atoms with Crippen molar-refractivity contribution in [3.8, 4) is 0 Å². The molecule has 1 saturated carbocycles. The Morgan fingerprint density at radius 2 is 1.58 bits per heavy atom. The smallest absolute Gasteiger partial charge is 0.247 e. The van der Waals surface area contributed by atoms with Gasteiger partial charge in [-0.2, -0.15) is 0 Å².